The predicted octanol–water partition coefficient (Wildman–Crippen LogP) is 0.423. The zero-order valence-electron chi connectivity index (χ0n) is 7.50. The highest BCUT2D eigenvalue weighted by molar-refractivity contribution is 9.10. The van der Waals surface area contributed by atoms with Gasteiger partial charge in [-0.2, -0.15) is 0 Å². The zero-order chi connectivity index (χ0) is 10.7. The molecular weight excluding hydrogens is 250 g/mol. The highest BCUT2D eigenvalue weighted by atomic mass is 79.9. The molecule has 0 aliphatic carbocycles. The molecule has 0 aromatic carbocycles. The van der Waals surface area contributed by atoms with Gasteiger partial charge in [-0.25, -0.2) is 0 Å². The van der Waals surface area contributed by atoms with Crippen LogP contribution in [0.15, 0.2) is 21.5 Å². The van der Waals surface area contributed by atoms with Gasteiger partial charge in [0.1, 0.15) is 5.69 Å². The number of carbonyl (C=O) groups is 1. The fourth-order valence-corrected chi connectivity index (χ4v) is 1.14. The molecule has 1 heterocycles. The molecule has 14 heavy (non-hydrogen) atoms. The summed E-state index contributed by atoms with van der Waals surface area (Å²) in [6, 6.07) is 0.868. The van der Waals surface area contributed by atoms with Gasteiger partial charge in [0.15, 0.2) is 0 Å². The second-order valence-corrected chi connectivity index (χ2v) is 3.75. The van der Waals surface area contributed by atoms with Crippen LogP contribution in [0.2, 0.25) is 0 Å². The van der Waals surface area contributed by atoms with E-state index in [9.17, 15) is 9.59 Å². The number of hydrogen-bond acceptors (Lipinski definition) is 3. The normalized spacial score (nSPS) is 12.2. The van der Waals surface area contributed by atoms with Crippen molar-refractivity contribution in [1.82, 2.24) is 4.98 Å². The van der Waals surface area contributed by atoms with Gasteiger partial charge in [0.2, 0.25) is 5.91 Å². The molecule has 1 rings (SSSR count). The third-order valence-corrected chi connectivity index (χ3v) is 2.00. The Labute approximate surface area is 88.8 Å². The molecule has 1 amide bonds. The maximum absolute atomic E-state index is 11.2. The molecule has 0 bridgehead atoms. The van der Waals surface area contributed by atoms with Gasteiger partial charge >= 0.3 is 0 Å². The quantitative estimate of drug-likeness (QED) is 0.720. The van der Waals surface area contributed by atoms with Crippen LogP contribution in [0.25, 0.3) is 0 Å². The number of H-pyrrole nitrogens is 1. The Hall–Kier alpha value is -1.14. The van der Waals surface area contributed by atoms with E-state index in [1.165, 1.54) is 12.3 Å². The third kappa shape index (κ3) is 2.68. The monoisotopic (exact) mass is 259 g/mol. The van der Waals surface area contributed by atoms with Crippen molar-refractivity contribution in [3.05, 3.63) is 27.1 Å². The predicted molar refractivity (Wildman–Crippen MR) is 57.0 cm³/mol. The van der Waals surface area contributed by atoms with E-state index in [0.717, 1.165) is 0 Å². The van der Waals surface area contributed by atoms with Crippen molar-refractivity contribution in [2.75, 3.05) is 5.32 Å². The highest BCUT2D eigenvalue weighted by Gasteiger charge is 2.09. The maximum atomic E-state index is 11.2. The Morgan fingerprint density at radius 3 is 2.93 bits per heavy atom. The molecule has 1 aromatic heterocycles. The minimum absolute atomic E-state index is 0.182. The average molecular weight is 260 g/mol. The van der Waals surface area contributed by atoms with E-state index >= 15 is 0 Å². The molecular formula is C8H10BrN3O2. The fraction of sp³-hybridized carbons (Fsp3) is 0.250. The first-order valence-corrected chi connectivity index (χ1v) is 4.74. The van der Waals surface area contributed by atoms with Crippen molar-refractivity contribution in [3.8, 4) is 0 Å². The van der Waals surface area contributed by atoms with Crippen LogP contribution in [-0.2, 0) is 4.79 Å². The summed E-state index contributed by atoms with van der Waals surface area (Å²) in [6.07, 6.45) is 1.49. The van der Waals surface area contributed by atoms with E-state index in [1.54, 1.807) is 6.92 Å². The molecule has 0 spiro atoms. The smallest absolute Gasteiger partial charge is 0.271 e. The zero-order valence-corrected chi connectivity index (χ0v) is 9.09. The number of aromatic amines is 1. The lowest BCUT2D eigenvalue weighted by molar-refractivity contribution is -0.117. The Kier molecular flexibility index (Phi) is 3.43. The van der Waals surface area contributed by atoms with Gasteiger partial charge < -0.3 is 16.0 Å². The average Bonchev–Trinajstić information content (AvgIpc) is 2.11. The van der Waals surface area contributed by atoms with Crippen molar-refractivity contribution >= 4 is 27.5 Å². The Bertz CT molecular complexity index is 400. The summed E-state index contributed by atoms with van der Waals surface area (Å²) in [5.74, 6) is -0.395. The standard InChI is InChI=1S/C8H10BrN3O2/c1-4(10)7(13)12-6-2-5(9)3-11-8(6)14/h2-4H,10H2,1H3,(H,11,14)(H,12,13)/t4-/m0/s1. The van der Waals surface area contributed by atoms with Crippen LogP contribution < -0.4 is 16.6 Å². The van der Waals surface area contributed by atoms with Crippen LogP contribution in [0.3, 0.4) is 0 Å². The summed E-state index contributed by atoms with van der Waals surface area (Å²) in [5, 5.41) is 2.41. The third-order valence-electron chi connectivity index (χ3n) is 1.54. The summed E-state index contributed by atoms with van der Waals surface area (Å²) in [5.41, 5.74) is 5.16. The number of hydrogen-bond donors (Lipinski definition) is 3. The van der Waals surface area contributed by atoms with E-state index in [-0.39, 0.29) is 11.2 Å². The minimum Gasteiger partial charge on any atom is -0.326 e. The van der Waals surface area contributed by atoms with E-state index in [4.69, 9.17) is 5.73 Å². The van der Waals surface area contributed by atoms with Gasteiger partial charge in [0, 0.05) is 10.7 Å². The molecule has 0 fully saturated rings. The molecule has 1 atom stereocenters. The second-order valence-electron chi connectivity index (χ2n) is 2.84. The first-order valence-electron chi connectivity index (χ1n) is 3.95. The van der Waals surface area contributed by atoms with Crippen LogP contribution in [-0.4, -0.2) is 16.9 Å². The van der Waals surface area contributed by atoms with Crippen LogP contribution in [0.1, 0.15) is 6.92 Å². The summed E-state index contributed by atoms with van der Waals surface area (Å²) in [7, 11) is 0. The van der Waals surface area contributed by atoms with Crippen LogP contribution >= 0.6 is 15.9 Å². The lowest BCUT2D eigenvalue weighted by Crippen LogP contribution is -2.34. The molecule has 0 radical (unpaired) electrons. The number of rotatable bonds is 2. The topological polar surface area (TPSA) is 88.0 Å². The number of halogens is 1. The van der Waals surface area contributed by atoms with Gasteiger partial charge in [0.25, 0.3) is 5.56 Å². The summed E-state index contributed by atoms with van der Waals surface area (Å²) in [4.78, 5) is 24.8. The van der Waals surface area contributed by atoms with Crippen molar-refractivity contribution in [3.63, 3.8) is 0 Å². The van der Waals surface area contributed by atoms with Crippen molar-refractivity contribution < 1.29 is 4.79 Å². The number of nitrogens with two attached hydrogens (primary N) is 1. The lowest BCUT2D eigenvalue weighted by Gasteiger charge is -2.06. The highest BCUT2D eigenvalue weighted by Crippen LogP contribution is 2.09. The van der Waals surface area contributed by atoms with Crippen LogP contribution in [0, 0.1) is 0 Å². The number of amides is 1. The number of pyridine rings is 1. The first kappa shape index (κ1) is 10.9. The summed E-state index contributed by atoms with van der Waals surface area (Å²) >= 11 is 3.17. The largest absolute Gasteiger partial charge is 0.326 e. The molecule has 4 N–H and O–H groups in total. The number of anilines is 1. The van der Waals surface area contributed by atoms with Gasteiger partial charge in [-0.05, 0) is 28.9 Å². The van der Waals surface area contributed by atoms with Gasteiger partial charge in [-0.3, -0.25) is 9.59 Å². The molecule has 0 aliphatic heterocycles. The summed E-state index contributed by atoms with van der Waals surface area (Å²) in [6.45, 7) is 1.54. The Morgan fingerprint density at radius 1 is 1.71 bits per heavy atom. The molecule has 76 valence electrons. The SMILES string of the molecule is C[C@H](N)C(=O)Nc1cc(Br)c[nH]c1=O. The summed E-state index contributed by atoms with van der Waals surface area (Å²) < 4.78 is 0.678. The first-order chi connectivity index (χ1) is 6.50. The van der Waals surface area contributed by atoms with E-state index in [1.807, 2.05) is 0 Å². The van der Waals surface area contributed by atoms with Gasteiger partial charge in [-0.1, -0.05) is 0 Å². The van der Waals surface area contributed by atoms with E-state index < -0.39 is 11.9 Å². The van der Waals surface area contributed by atoms with Crippen LogP contribution in [0.4, 0.5) is 5.69 Å². The fourth-order valence-electron chi connectivity index (χ4n) is 0.797. The van der Waals surface area contributed by atoms with Crippen molar-refractivity contribution in [2.45, 2.75) is 13.0 Å². The van der Waals surface area contributed by atoms with Crippen molar-refractivity contribution in [2.24, 2.45) is 5.73 Å². The second kappa shape index (κ2) is 4.39. The number of nitrogens with one attached hydrogen (secondary N) is 2. The van der Waals surface area contributed by atoms with E-state index in [2.05, 4.69) is 26.2 Å². The molecule has 0 aliphatic rings. The van der Waals surface area contributed by atoms with E-state index in [0.29, 0.717) is 4.47 Å². The lowest BCUT2D eigenvalue weighted by atomic mass is 10.3. The Balaban J connectivity index is 2.92. The Morgan fingerprint density at radius 2 is 2.36 bits per heavy atom. The molecule has 0 saturated heterocycles. The van der Waals surface area contributed by atoms with Gasteiger partial charge in [0.05, 0.1) is 6.04 Å². The molecule has 0 saturated carbocycles. The van der Waals surface area contributed by atoms with Crippen LogP contribution in [0.5, 0.6) is 0 Å². The number of aromatic nitrogens is 1. The maximum Gasteiger partial charge on any atom is 0.271 e. The molecule has 6 heteroatoms. The molecule has 1 aromatic rings. The minimum atomic E-state index is -0.645. The van der Waals surface area contributed by atoms with Crippen molar-refractivity contribution in [1.29, 1.82) is 0 Å². The number of carbonyl (C=O) groups excluding carboxylic acids is 1. The molecule has 5 nitrogen and oxygen atoms in total. The molecule has 0 unspecified atom stereocenters. The van der Waals surface area contributed by atoms with Gasteiger partial charge in [-0.15, -0.1) is 0 Å².